The molecule has 1 aliphatic heterocycles. The summed E-state index contributed by atoms with van der Waals surface area (Å²) >= 11 is 0. The lowest BCUT2D eigenvalue weighted by Crippen LogP contribution is -2.27. The first-order valence-electron chi connectivity index (χ1n) is 8.98. The number of carbonyl (C=O) groups is 1. The number of aromatic nitrogens is 3. The number of amides is 1. The van der Waals surface area contributed by atoms with Gasteiger partial charge in [0.15, 0.2) is 0 Å². The van der Waals surface area contributed by atoms with E-state index < -0.39 is 10.0 Å². The minimum atomic E-state index is -3.90. The summed E-state index contributed by atoms with van der Waals surface area (Å²) in [5.41, 5.74) is 2.52. The minimum Gasteiger partial charge on any atom is -0.337 e. The van der Waals surface area contributed by atoms with E-state index in [4.69, 9.17) is 9.66 Å². The SMILES string of the molecule is Cc1ccc(CN2C(=O)CCC2c2nc(-c3cncc(S(N)(=O)=O)c3)no2)cc1. The van der Waals surface area contributed by atoms with E-state index in [1.54, 1.807) is 4.90 Å². The summed E-state index contributed by atoms with van der Waals surface area (Å²) in [6.45, 7) is 2.46. The Hall–Kier alpha value is -3.11. The van der Waals surface area contributed by atoms with Crippen LogP contribution in [0.2, 0.25) is 0 Å². The normalized spacial score (nSPS) is 17.1. The van der Waals surface area contributed by atoms with Gasteiger partial charge in [0.05, 0.1) is 0 Å². The molecule has 0 spiro atoms. The maximum atomic E-state index is 12.4. The number of primary sulfonamides is 1. The van der Waals surface area contributed by atoms with Crippen molar-refractivity contribution in [3.05, 3.63) is 59.7 Å². The lowest BCUT2D eigenvalue weighted by atomic mass is 10.1. The van der Waals surface area contributed by atoms with Crippen molar-refractivity contribution in [2.75, 3.05) is 0 Å². The van der Waals surface area contributed by atoms with Gasteiger partial charge in [-0.15, -0.1) is 0 Å². The molecule has 2 aromatic heterocycles. The second-order valence-corrected chi connectivity index (χ2v) is 8.53. The van der Waals surface area contributed by atoms with Crippen molar-refractivity contribution in [3.63, 3.8) is 0 Å². The highest BCUT2D eigenvalue weighted by molar-refractivity contribution is 7.89. The van der Waals surface area contributed by atoms with Gasteiger partial charge in [-0.1, -0.05) is 35.0 Å². The Bertz CT molecular complexity index is 1160. The summed E-state index contributed by atoms with van der Waals surface area (Å²) in [6.07, 6.45) is 3.55. The molecule has 150 valence electrons. The van der Waals surface area contributed by atoms with Crippen LogP contribution in [0.25, 0.3) is 11.4 Å². The predicted octanol–water partition coefficient (Wildman–Crippen LogP) is 1.95. The fourth-order valence-corrected chi connectivity index (χ4v) is 3.76. The van der Waals surface area contributed by atoms with E-state index in [1.807, 2.05) is 31.2 Å². The lowest BCUT2D eigenvalue weighted by Gasteiger charge is -2.22. The fourth-order valence-electron chi connectivity index (χ4n) is 3.26. The summed E-state index contributed by atoms with van der Waals surface area (Å²) in [7, 11) is -3.90. The topological polar surface area (TPSA) is 132 Å². The van der Waals surface area contributed by atoms with Crippen LogP contribution in [-0.2, 0) is 21.4 Å². The van der Waals surface area contributed by atoms with Crippen molar-refractivity contribution < 1.29 is 17.7 Å². The summed E-state index contributed by atoms with van der Waals surface area (Å²) in [5, 5.41) is 9.08. The molecule has 1 saturated heterocycles. The number of nitrogens with zero attached hydrogens (tertiary/aromatic N) is 4. The maximum Gasteiger partial charge on any atom is 0.249 e. The molecule has 1 amide bonds. The van der Waals surface area contributed by atoms with Crippen LogP contribution in [0.3, 0.4) is 0 Å². The monoisotopic (exact) mass is 413 g/mol. The van der Waals surface area contributed by atoms with Gasteiger partial charge >= 0.3 is 0 Å². The van der Waals surface area contributed by atoms with Crippen molar-refractivity contribution in [1.82, 2.24) is 20.0 Å². The van der Waals surface area contributed by atoms with Crippen LogP contribution < -0.4 is 5.14 Å². The molecule has 1 aliphatic rings. The standard InChI is InChI=1S/C19H19N5O4S/c1-12-2-4-13(5-3-12)11-24-16(6-7-17(24)25)19-22-18(23-28-19)14-8-15(10-21-9-14)29(20,26)27/h2-5,8-10,16H,6-7,11H2,1H3,(H2,20,26,27). The first kappa shape index (κ1) is 19.2. The number of likely N-dealkylation sites (tertiary alicyclic amines) is 1. The molecule has 2 N–H and O–H groups in total. The quantitative estimate of drug-likeness (QED) is 0.676. The Labute approximate surface area is 167 Å². The molecule has 3 heterocycles. The van der Waals surface area contributed by atoms with Crippen LogP contribution in [0, 0.1) is 6.92 Å². The Morgan fingerprint density at radius 3 is 2.72 bits per heavy atom. The number of nitrogens with two attached hydrogens (primary N) is 1. The van der Waals surface area contributed by atoms with Crippen molar-refractivity contribution in [3.8, 4) is 11.4 Å². The van der Waals surface area contributed by atoms with Gasteiger partial charge in [0, 0.05) is 30.9 Å². The molecule has 10 heteroatoms. The second kappa shape index (κ2) is 7.37. The fraction of sp³-hybridized carbons (Fsp3) is 0.263. The van der Waals surface area contributed by atoms with E-state index in [1.165, 1.54) is 12.3 Å². The van der Waals surface area contributed by atoms with E-state index in [9.17, 15) is 13.2 Å². The first-order valence-corrected chi connectivity index (χ1v) is 10.5. The average Bonchev–Trinajstić information content (AvgIpc) is 3.31. The van der Waals surface area contributed by atoms with E-state index in [0.717, 1.165) is 17.3 Å². The number of carbonyl (C=O) groups excluding carboxylic acids is 1. The number of aryl methyl sites for hydroxylation is 1. The van der Waals surface area contributed by atoms with Crippen molar-refractivity contribution in [1.29, 1.82) is 0 Å². The van der Waals surface area contributed by atoms with Gasteiger partial charge in [-0.25, -0.2) is 13.6 Å². The number of sulfonamides is 1. The van der Waals surface area contributed by atoms with E-state index in [0.29, 0.717) is 30.8 Å². The molecule has 0 saturated carbocycles. The lowest BCUT2D eigenvalue weighted by molar-refractivity contribution is -0.129. The number of hydrogen-bond donors (Lipinski definition) is 1. The zero-order chi connectivity index (χ0) is 20.6. The van der Waals surface area contributed by atoms with Gasteiger partial charge in [-0.2, -0.15) is 4.98 Å². The number of pyridine rings is 1. The zero-order valence-electron chi connectivity index (χ0n) is 15.6. The third-order valence-electron chi connectivity index (χ3n) is 4.83. The van der Waals surface area contributed by atoms with E-state index in [-0.39, 0.29) is 22.7 Å². The van der Waals surface area contributed by atoms with Gasteiger partial charge < -0.3 is 9.42 Å². The molecule has 1 atom stereocenters. The van der Waals surface area contributed by atoms with E-state index in [2.05, 4.69) is 15.1 Å². The molecule has 0 radical (unpaired) electrons. The van der Waals surface area contributed by atoms with Crippen molar-refractivity contribution in [2.24, 2.45) is 5.14 Å². The summed E-state index contributed by atoms with van der Waals surface area (Å²) < 4.78 is 28.5. The van der Waals surface area contributed by atoms with Crippen LogP contribution in [-0.4, -0.2) is 34.3 Å². The van der Waals surface area contributed by atoms with Crippen LogP contribution >= 0.6 is 0 Å². The van der Waals surface area contributed by atoms with Crippen molar-refractivity contribution in [2.45, 2.75) is 37.2 Å². The highest BCUT2D eigenvalue weighted by atomic mass is 32.2. The smallest absolute Gasteiger partial charge is 0.249 e. The van der Waals surface area contributed by atoms with Crippen molar-refractivity contribution >= 4 is 15.9 Å². The third-order valence-corrected chi connectivity index (χ3v) is 5.71. The molecule has 29 heavy (non-hydrogen) atoms. The Kier molecular flexibility index (Phi) is 4.89. The Morgan fingerprint density at radius 1 is 1.24 bits per heavy atom. The highest BCUT2D eigenvalue weighted by Gasteiger charge is 2.36. The summed E-state index contributed by atoms with van der Waals surface area (Å²) in [5.74, 6) is 0.514. The molecule has 1 unspecified atom stereocenters. The minimum absolute atomic E-state index is 0.0215. The van der Waals surface area contributed by atoms with Crippen LogP contribution in [0.15, 0.2) is 52.1 Å². The van der Waals surface area contributed by atoms with Crippen LogP contribution in [0.5, 0.6) is 0 Å². The highest BCUT2D eigenvalue weighted by Crippen LogP contribution is 2.34. The summed E-state index contributed by atoms with van der Waals surface area (Å²) in [6, 6.07) is 8.98. The van der Waals surface area contributed by atoms with Gasteiger partial charge in [0.25, 0.3) is 0 Å². The van der Waals surface area contributed by atoms with E-state index >= 15 is 0 Å². The zero-order valence-corrected chi connectivity index (χ0v) is 16.5. The Balaban J connectivity index is 1.59. The molecule has 3 aromatic rings. The summed E-state index contributed by atoms with van der Waals surface area (Å²) in [4.78, 5) is 22.2. The van der Waals surface area contributed by atoms with Gasteiger partial charge in [-0.05, 0) is 25.0 Å². The van der Waals surface area contributed by atoms with Gasteiger partial charge in [0.2, 0.25) is 27.6 Å². The molecule has 1 fully saturated rings. The predicted molar refractivity (Wildman–Crippen MR) is 103 cm³/mol. The van der Waals surface area contributed by atoms with Gasteiger partial charge in [0.1, 0.15) is 10.9 Å². The molecule has 9 nitrogen and oxygen atoms in total. The molecular weight excluding hydrogens is 394 g/mol. The average molecular weight is 413 g/mol. The largest absolute Gasteiger partial charge is 0.337 e. The number of rotatable bonds is 5. The molecular formula is C19H19N5O4S. The van der Waals surface area contributed by atoms with Gasteiger partial charge in [-0.3, -0.25) is 9.78 Å². The third kappa shape index (κ3) is 4.03. The number of hydrogen-bond acceptors (Lipinski definition) is 7. The number of benzene rings is 1. The molecule has 4 rings (SSSR count). The van der Waals surface area contributed by atoms with Crippen LogP contribution in [0.1, 0.15) is 35.9 Å². The molecule has 0 bridgehead atoms. The molecule has 0 aliphatic carbocycles. The van der Waals surface area contributed by atoms with Crippen LogP contribution in [0.4, 0.5) is 0 Å². The molecule has 1 aromatic carbocycles. The first-order chi connectivity index (χ1) is 13.8. The second-order valence-electron chi connectivity index (χ2n) is 6.97. The maximum absolute atomic E-state index is 12.4. The Morgan fingerprint density at radius 2 is 2.00 bits per heavy atom.